The molecule has 1 heterocycles. The van der Waals surface area contributed by atoms with E-state index in [9.17, 15) is 0 Å². The summed E-state index contributed by atoms with van der Waals surface area (Å²) < 4.78 is 13.8. The van der Waals surface area contributed by atoms with Crippen molar-refractivity contribution in [1.29, 1.82) is 0 Å². The van der Waals surface area contributed by atoms with E-state index in [0.717, 1.165) is 68.0 Å². The average molecular weight is 552 g/mol. The van der Waals surface area contributed by atoms with Crippen molar-refractivity contribution >= 4 is 0 Å². The van der Waals surface area contributed by atoms with Crippen LogP contribution in [0.15, 0.2) is 78.9 Å². The van der Waals surface area contributed by atoms with E-state index >= 15 is 0 Å². The molecule has 5 heteroatoms. The molecule has 5 rings (SSSR count). The Morgan fingerprint density at radius 1 is 0.805 bits per heavy atom. The quantitative estimate of drug-likeness (QED) is 0.167. The summed E-state index contributed by atoms with van der Waals surface area (Å²) in [5, 5.41) is 0. The molecular formula is C36H45N3O2. The molecule has 1 saturated carbocycles. The summed E-state index contributed by atoms with van der Waals surface area (Å²) >= 11 is 0. The van der Waals surface area contributed by atoms with Crippen molar-refractivity contribution in [3.63, 3.8) is 0 Å². The molecule has 216 valence electrons. The topological polar surface area (TPSA) is 39.5 Å². The average Bonchev–Trinajstić information content (AvgIpc) is 3.38. The number of ether oxygens (including phenoxy) is 2. The van der Waals surface area contributed by atoms with Gasteiger partial charge in [-0.15, -0.1) is 0 Å². The van der Waals surface area contributed by atoms with Crippen molar-refractivity contribution in [3.8, 4) is 34.1 Å². The standard InChI is InChI=1S/C36H45N3O2/c1-4-5-21-39-34(35(30-17-11-7-12-18-30)37-36(39)31-19-13-8-14-20-31)27-38(25-28-15-9-6-10-16-28)26-29-22-32(40-2)24-33(23-29)41-3/h7-8,11-14,17-20,22-24,28H,4-6,9-10,15-16,21,25-27H2,1-3H3. The van der Waals surface area contributed by atoms with Crippen molar-refractivity contribution in [3.05, 3.63) is 90.1 Å². The number of benzene rings is 3. The SMILES string of the molecule is CCCCn1c(-c2ccccc2)nc(-c2ccccc2)c1CN(Cc1cc(OC)cc(OC)c1)CC1CCCCC1. The van der Waals surface area contributed by atoms with Crippen molar-refractivity contribution < 1.29 is 9.47 Å². The second-order valence-corrected chi connectivity index (χ2v) is 11.4. The largest absolute Gasteiger partial charge is 0.497 e. The fraction of sp³-hybridized carbons (Fsp3) is 0.417. The zero-order valence-corrected chi connectivity index (χ0v) is 25.0. The van der Waals surface area contributed by atoms with Gasteiger partial charge in [0.15, 0.2) is 0 Å². The zero-order chi connectivity index (χ0) is 28.4. The summed E-state index contributed by atoms with van der Waals surface area (Å²) in [6.07, 6.45) is 8.93. The maximum Gasteiger partial charge on any atom is 0.140 e. The van der Waals surface area contributed by atoms with Crippen molar-refractivity contribution in [2.75, 3.05) is 20.8 Å². The molecule has 1 aliphatic rings. The molecule has 0 unspecified atom stereocenters. The Morgan fingerprint density at radius 3 is 2.05 bits per heavy atom. The molecule has 0 radical (unpaired) electrons. The van der Waals surface area contributed by atoms with Gasteiger partial charge in [0.2, 0.25) is 0 Å². The molecule has 0 amide bonds. The maximum absolute atomic E-state index is 5.63. The van der Waals surface area contributed by atoms with E-state index in [1.165, 1.54) is 54.5 Å². The van der Waals surface area contributed by atoms with Crippen LogP contribution in [-0.2, 0) is 19.6 Å². The van der Waals surface area contributed by atoms with E-state index < -0.39 is 0 Å². The van der Waals surface area contributed by atoms with Gasteiger partial charge in [0, 0.05) is 43.4 Å². The Bertz CT molecular complexity index is 1340. The third-order valence-electron chi connectivity index (χ3n) is 8.32. The van der Waals surface area contributed by atoms with Crippen LogP contribution in [-0.4, -0.2) is 35.2 Å². The van der Waals surface area contributed by atoms with Gasteiger partial charge in [0.05, 0.1) is 25.6 Å². The number of methoxy groups -OCH3 is 2. The Labute approximate surface area is 246 Å². The highest BCUT2D eigenvalue weighted by Crippen LogP contribution is 2.33. The van der Waals surface area contributed by atoms with E-state index in [4.69, 9.17) is 14.5 Å². The minimum atomic E-state index is 0.719. The fourth-order valence-electron chi connectivity index (χ4n) is 6.19. The number of unbranched alkanes of at least 4 members (excludes halogenated alkanes) is 1. The summed E-state index contributed by atoms with van der Waals surface area (Å²) in [5.74, 6) is 3.45. The van der Waals surface area contributed by atoms with E-state index in [1.807, 2.05) is 6.07 Å². The smallest absolute Gasteiger partial charge is 0.140 e. The van der Waals surface area contributed by atoms with Crippen LogP contribution in [0.25, 0.3) is 22.6 Å². The van der Waals surface area contributed by atoms with E-state index in [0.29, 0.717) is 0 Å². The Morgan fingerprint density at radius 2 is 1.44 bits per heavy atom. The van der Waals surface area contributed by atoms with Crippen LogP contribution in [0.3, 0.4) is 0 Å². The molecule has 1 fully saturated rings. The minimum Gasteiger partial charge on any atom is -0.497 e. The molecule has 3 aromatic carbocycles. The fourth-order valence-corrected chi connectivity index (χ4v) is 6.19. The number of imidazole rings is 1. The Balaban J connectivity index is 1.58. The predicted octanol–water partition coefficient (Wildman–Crippen LogP) is 8.62. The lowest BCUT2D eigenvalue weighted by Gasteiger charge is -2.30. The van der Waals surface area contributed by atoms with Gasteiger partial charge < -0.3 is 14.0 Å². The summed E-state index contributed by atoms with van der Waals surface area (Å²) in [6.45, 7) is 5.97. The van der Waals surface area contributed by atoms with Gasteiger partial charge in [0.1, 0.15) is 17.3 Å². The molecule has 0 spiro atoms. The molecule has 0 N–H and O–H groups in total. The summed E-state index contributed by atoms with van der Waals surface area (Å²) in [4.78, 5) is 8.01. The van der Waals surface area contributed by atoms with Gasteiger partial charge in [-0.05, 0) is 42.9 Å². The second kappa shape index (κ2) is 14.4. The molecule has 1 aromatic heterocycles. The van der Waals surface area contributed by atoms with Crippen LogP contribution in [0, 0.1) is 5.92 Å². The van der Waals surface area contributed by atoms with Crippen molar-refractivity contribution in [2.45, 2.75) is 71.5 Å². The Kier molecular flexibility index (Phi) is 10.1. The number of nitrogens with zero attached hydrogens (tertiary/aromatic N) is 3. The van der Waals surface area contributed by atoms with Crippen molar-refractivity contribution in [1.82, 2.24) is 14.5 Å². The third-order valence-corrected chi connectivity index (χ3v) is 8.32. The molecule has 5 nitrogen and oxygen atoms in total. The lowest BCUT2D eigenvalue weighted by atomic mass is 9.89. The molecule has 0 atom stereocenters. The first kappa shape index (κ1) is 28.9. The van der Waals surface area contributed by atoms with Gasteiger partial charge >= 0.3 is 0 Å². The van der Waals surface area contributed by atoms with Crippen LogP contribution in [0.2, 0.25) is 0 Å². The number of aromatic nitrogens is 2. The van der Waals surface area contributed by atoms with Crippen LogP contribution >= 0.6 is 0 Å². The number of hydrogen-bond donors (Lipinski definition) is 0. The van der Waals surface area contributed by atoms with Crippen LogP contribution in [0.5, 0.6) is 11.5 Å². The summed E-state index contributed by atoms with van der Waals surface area (Å²) in [6, 6.07) is 27.7. The van der Waals surface area contributed by atoms with Gasteiger partial charge in [0.25, 0.3) is 0 Å². The van der Waals surface area contributed by atoms with Crippen LogP contribution in [0.1, 0.15) is 63.1 Å². The highest BCUT2D eigenvalue weighted by atomic mass is 16.5. The normalized spacial score (nSPS) is 14.0. The van der Waals surface area contributed by atoms with Crippen LogP contribution in [0.4, 0.5) is 0 Å². The molecule has 4 aromatic rings. The monoisotopic (exact) mass is 551 g/mol. The highest BCUT2D eigenvalue weighted by Gasteiger charge is 2.24. The van der Waals surface area contributed by atoms with Gasteiger partial charge in [-0.25, -0.2) is 4.98 Å². The molecule has 0 saturated heterocycles. The zero-order valence-electron chi connectivity index (χ0n) is 25.0. The highest BCUT2D eigenvalue weighted by molar-refractivity contribution is 5.68. The molecular weight excluding hydrogens is 506 g/mol. The molecule has 1 aliphatic carbocycles. The molecule has 41 heavy (non-hydrogen) atoms. The van der Waals surface area contributed by atoms with E-state index in [-0.39, 0.29) is 0 Å². The minimum absolute atomic E-state index is 0.719. The van der Waals surface area contributed by atoms with Gasteiger partial charge in [-0.3, -0.25) is 4.90 Å². The van der Waals surface area contributed by atoms with Crippen LogP contribution < -0.4 is 9.47 Å². The Hall–Kier alpha value is -3.57. The number of rotatable bonds is 13. The molecule has 0 aliphatic heterocycles. The lowest BCUT2D eigenvalue weighted by molar-refractivity contribution is 0.183. The first-order chi connectivity index (χ1) is 20.2. The first-order valence-electron chi connectivity index (χ1n) is 15.3. The summed E-state index contributed by atoms with van der Waals surface area (Å²) in [7, 11) is 3.45. The lowest BCUT2D eigenvalue weighted by Crippen LogP contribution is -2.31. The maximum atomic E-state index is 5.63. The van der Waals surface area contributed by atoms with E-state index in [1.54, 1.807) is 14.2 Å². The number of hydrogen-bond acceptors (Lipinski definition) is 4. The predicted molar refractivity (Wildman–Crippen MR) is 168 cm³/mol. The summed E-state index contributed by atoms with van der Waals surface area (Å²) in [5.41, 5.74) is 5.95. The van der Waals surface area contributed by atoms with Crippen molar-refractivity contribution in [2.24, 2.45) is 5.92 Å². The van der Waals surface area contributed by atoms with Gasteiger partial charge in [-0.2, -0.15) is 0 Å². The third kappa shape index (κ3) is 7.39. The second-order valence-electron chi connectivity index (χ2n) is 11.4. The first-order valence-corrected chi connectivity index (χ1v) is 15.3. The molecule has 0 bridgehead atoms. The van der Waals surface area contributed by atoms with Gasteiger partial charge in [-0.1, -0.05) is 93.3 Å². The van der Waals surface area contributed by atoms with E-state index in [2.05, 4.69) is 89.2 Å².